The summed E-state index contributed by atoms with van der Waals surface area (Å²) in [6.45, 7) is 0. The van der Waals surface area contributed by atoms with Crippen LogP contribution >= 0.6 is 0 Å². The van der Waals surface area contributed by atoms with Crippen molar-refractivity contribution in [3.05, 3.63) is 109 Å². The molecule has 5 aromatic carbocycles. The molecule has 5 aromatic rings. The van der Waals surface area contributed by atoms with Crippen LogP contribution in [0.5, 0.6) is 0 Å². The van der Waals surface area contributed by atoms with Crippen LogP contribution in [0.25, 0.3) is 44.5 Å². The van der Waals surface area contributed by atoms with Gasteiger partial charge in [0.1, 0.15) is 0 Å². The zero-order chi connectivity index (χ0) is 37.0. The Morgan fingerprint density at radius 2 is 0.980 bits per heavy atom. The number of sulfonamides is 2. The van der Waals surface area contributed by atoms with Crippen molar-refractivity contribution in [1.29, 1.82) is 0 Å². The molecule has 1 radical (unpaired) electrons. The van der Waals surface area contributed by atoms with Crippen LogP contribution in [-0.2, 0) is 45.9 Å². The largest absolute Gasteiger partial charge is 0.417 e. The van der Waals surface area contributed by atoms with E-state index >= 15 is 0 Å². The van der Waals surface area contributed by atoms with Crippen LogP contribution in [0.15, 0.2) is 117 Å². The maximum Gasteiger partial charge on any atom is 0.417 e. The molecule has 0 bridgehead atoms. The van der Waals surface area contributed by atoms with Crippen LogP contribution in [0.2, 0.25) is 0 Å². The van der Waals surface area contributed by atoms with E-state index in [1.165, 1.54) is 66.7 Å². The monoisotopic (exact) mass is 763 g/mol. The fraction of sp³-hybridized carbons (Fsp3) is 0.0909. The minimum Gasteiger partial charge on any atom is -0.225 e. The average Bonchev–Trinajstić information content (AvgIpc) is 3.02. The molecule has 0 saturated heterocycles. The van der Waals surface area contributed by atoms with Crippen molar-refractivity contribution in [2.24, 2.45) is 10.3 Å². The number of benzene rings is 5. The Hall–Kier alpha value is -4.39. The molecule has 17 heteroatoms. The Labute approximate surface area is 287 Å². The van der Waals surface area contributed by atoms with Gasteiger partial charge in [0.05, 0.1) is 25.1 Å². The predicted octanol–water partition coefficient (Wildman–Crippen LogP) is 5.28. The minimum absolute atomic E-state index is 0.0674. The number of primary sulfonamides is 2. The van der Waals surface area contributed by atoms with Crippen molar-refractivity contribution in [2.75, 3.05) is 12.5 Å². The molecule has 0 atom stereocenters. The highest BCUT2D eigenvalue weighted by molar-refractivity contribution is 7.91. The van der Waals surface area contributed by atoms with E-state index in [9.17, 15) is 46.8 Å². The minimum atomic E-state index is -5.02. The molecule has 50 heavy (non-hydrogen) atoms. The van der Waals surface area contributed by atoms with Crippen molar-refractivity contribution in [2.45, 2.75) is 25.8 Å². The summed E-state index contributed by atoms with van der Waals surface area (Å²) in [4.78, 5) is -1.51. The van der Waals surface area contributed by atoms with Crippen LogP contribution in [-0.4, -0.2) is 46.2 Å². The Morgan fingerprint density at radius 1 is 0.520 bits per heavy atom. The van der Waals surface area contributed by atoms with E-state index in [0.29, 0.717) is 6.07 Å². The topological polar surface area (TPSA) is 189 Å². The maximum absolute atomic E-state index is 14.7. The molecule has 5 rings (SSSR count). The molecule has 0 aliphatic heterocycles. The summed E-state index contributed by atoms with van der Waals surface area (Å²) in [5.41, 5.74) is -1.95. The predicted molar refractivity (Wildman–Crippen MR) is 181 cm³/mol. The van der Waals surface area contributed by atoms with Gasteiger partial charge in [-0.3, -0.25) is 0 Å². The summed E-state index contributed by atoms with van der Waals surface area (Å²) < 4.78 is 144. The second kappa shape index (κ2) is 12.7. The van der Waals surface area contributed by atoms with Gasteiger partial charge in [0.25, 0.3) is 0 Å². The number of halogens is 3. The third-order valence-electron chi connectivity index (χ3n) is 7.61. The molecular formula is C33H26F3N2O8S4. The molecule has 0 unspecified atom stereocenters. The summed E-state index contributed by atoms with van der Waals surface area (Å²) in [7, 11) is -16.7. The Bertz CT molecular complexity index is 2640. The van der Waals surface area contributed by atoms with Gasteiger partial charge in [0, 0.05) is 35.3 Å². The first kappa shape index (κ1) is 36.9. The lowest BCUT2D eigenvalue weighted by molar-refractivity contribution is -0.137. The molecule has 0 fully saturated rings. The van der Waals surface area contributed by atoms with Crippen LogP contribution in [0, 0.1) is 6.07 Å². The third-order valence-corrected chi connectivity index (χ3v) is 11.7. The van der Waals surface area contributed by atoms with E-state index in [0.717, 1.165) is 36.8 Å². The van der Waals surface area contributed by atoms with E-state index in [4.69, 9.17) is 10.3 Å². The lowest BCUT2D eigenvalue weighted by Crippen LogP contribution is -2.14. The SMILES string of the molecule is CS(=O)(=O)c1[c]ccc(-c2ccc(-c3ccc(-c4ccc(-c5ccccc5S(N)(=O)=O)cc4S(C)(=O)=O)cc3C(F)(F)F)cc2S(N)(=O)=O)c1. The molecule has 0 saturated carbocycles. The van der Waals surface area contributed by atoms with Crippen LogP contribution in [0.1, 0.15) is 5.56 Å². The van der Waals surface area contributed by atoms with Gasteiger partial charge < -0.3 is 0 Å². The van der Waals surface area contributed by atoms with E-state index in [-0.39, 0.29) is 48.7 Å². The summed E-state index contributed by atoms with van der Waals surface area (Å²) in [5, 5.41) is 10.8. The Morgan fingerprint density at radius 3 is 1.52 bits per heavy atom. The fourth-order valence-corrected chi connectivity index (χ4v) is 8.47. The number of nitrogens with two attached hydrogens (primary N) is 2. The molecule has 0 heterocycles. The number of alkyl halides is 3. The zero-order valence-corrected chi connectivity index (χ0v) is 29.2. The molecule has 261 valence electrons. The average molecular weight is 764 g/mol. The van der Waals surface area contributed by atoms with E-state index < -0.39 is 66.8 Å². The quantitative estimate of drug-likeness (QED) is 0.214. The highest BCUT2D eigenvalue weighted by Crippen LogP contribution is 2.43. The maximum atomic E-state index is 14.7. The Balaban J connectivity index is 1.70. The third kappa shape index (κ3) is 7.67. The molecule has 0 spiro atoms. The summed E-state index contributed by atoms with van der Waals surface area (Å²) >= 11 is 0. The zero-order valence-electron chi connectivity index (χ0n) is 25.9. The van der Waals surface area contributed by atoms with Crippen molar-refractivity contribution in [3.63, 3.8) is 0 Å². The number of hydrogen-bond donors (Lipinski definition) is 2. The normalized spacial score (nSPS) is 12.9. The lowest BCUT2D eigenvalue weighted by Gasteiger charge is -2.18. The lowest BCUT2D eigenvalue weighted by atomic mass is 9.92. The first-order valence-corrected chi connectivity index (χ1v) is 20.9. The van der Waals surface area contributed by atoms with E-state index in [2.05, 4.69) is 6.07 Å². The second-order valence-electron chi connectivity index (χ2n) is 11.3. The Kier molecular flexibility index (Phi) is 9.40. The first-order valence-electron chi connectivity index (χ1n) is 14.0. The van der Waals surface area contributed by atoms with Crippen molar-refractivity contribution in [3.8, 4) is 44.5 Å². The smallest absolute Gasteiger partial charge is 0.225 e. The van der Waals surface area contributed by atoms with Gasteiger partial charge in [-0.05, 0) is 58.1 Å². The van der Waals surface area contributed by atoms with Gasteiger partial charge in [-0.1, -0.05) is 66.7 Å². The number of sulfone groups is 2. The molecule has 0 aliphatic rings. The highest BCUT2D eigenvalue weighted by Gasteiger charge is 2.35. The molecule has 0 amide bonds. The van der Waals surface area contributed by atoms with Crippen molar-refractivity contribution in [1.82, 2.24) is 0 Å². The molecule has 0 aliphatic carbocycles. The standard InChI is InChI=1S/C33H26F3N2O8S4/c1-47(39,40)24-7-5-6-20(16-24)28-15-11-22(19-32(28)50(38,45)46)25-13-10-21(17-29(25)33(34,35)36)27-14-12-23(18-31(27)48(2,41)42)26-8-3-4-9-30(26)49(37,43)44/h3-6,8-19H,1-2H3,(H2,37,43,44)(H2,38,45,46). The van der Waals surface area contributed by atoms with E-state index in [1.54, 1.807) is 0 Å². The van der Waals surface area contributed by atoms with Gasteiger partial charge >= 0.3 is 6.18 Å². The molecule has 10 nitrogen and oxygen atoms in total. The summed E-state index contributed by atoms with van der Waals surface area (Å²) in [5.74, 6) is 0. The summed E-state index contributed by atoms with van der Waals surface area (Å²) in [6, 6.07) is 21.9. The van der Waals surface area contributed by atoms with Crippen molar-refractivity contribution < 1.29 is 46.8 Å². The van der Waals surface area contributed by atoms with Crippen LogP contribution in [0.3, 0.4) is 0 Å². The number of hydrogen-bond acceptors (Lipinski definition) is 8. The summed E-state index contributed by atoms with van der Waals surface area (Å²) in [6.07, 6.45) is -3.25. The van der Waals surface area contributed by atoms with Crippen LogP contribution in [0.4, 0.5) is 13.2 Å². The van der Waals surface area contributed by atoms with Gasteiger partial charge in [0.2, 0.25) is 20.0 Å². The molecule has 0 aromatic heterocycles. The fourth-order valence-electron chi connectivity index (χ4n) is 5.38. The van der Waals surface area contributed by atoms with Gasteiger partial charge in [-0.2, -0.15) is 13.2 Å². The second-order valence-corrected chi connectivity index (χ2v) is 18.3. The van der Waals surface area contributed by atoms with Gasteiger partial charge in [-0.15, -0.1) is 0 Å². The van der Waals surface area contributed by atoms with Crippen molar-refractivity contribution >= 4 is 39.7 Å². The highest BCUT2D eigenvalue weighted by atomic mass is 32.2. The molecule has 4 N–H and O–H groups in total. The number of rotatable bonds is 8. The van der Waals surface area contributed by atoms with Crippen LogP contribution < -0.4 is 10.3 Å². The van der Waals surface area contributed by atoms with Gasteiger partial charge in [-0.25, -0.2) is 43.9 Å². The van der Waals surface area contributed by atoms with E-state index in [1.807, 2.05) is 0 Å². The molecular weight excluding hydrogens is 738 g/mol. The van der Waals surface area contributed by atoms with Gasteiger partial charge in [0.15, 0.2) is 19.7 Å². The first-order chi connectivity index (χ1) is 23.0.